The van der Waals surface area contributed by atoms with Crippen LogP contribution >= 0.6 is 11.3 Å². The van der Waals surface area contributed by atoms with Gasteiger partial charge < -0.3 is 16.2 Å². The van der Waals surface area contributed by atoms with E-state index in [0.717, 1.165) is 18.2 Å². The van der Waals surface area contributed by atoms with Crippen molar-refractivity contribution in [3.05, 3.63) is 17.1 Å². The highest BCUT2D eigenvalue weighted by Crippen LogP contribution is 2.31. The topological polar surface area (TPSA) is 101 Å². The molecule has 0 bridgehead atoms. The average molecular weight is 308 g/mol. The van der Waals surface area contributed by atoms with Gasteiger partial charge in [-0.3, -0.25) is 4.79 Å². The summed E-state index contributed by atoms with van der Waals surface area (Å²) in [5, 5.41) is 20.5. The minimum absolute atomic E-state index is 0.140. The van der Waals surface area contributed by atoms with Crippen LogP contribution in [0.3, 0.4) is 0 Å². The van der Waals surface area contributed by atoms with Crippen LogP contribution in [0.2, 0.25) is 0 Å². The zero-order valence-corrected chi connectivity index (χ0v) is 12.8. The van der Waals surface area contributed by atoms with E-state index in [0.29, 0.717) is 34.3 Å². The Kier molecular flexibility index (Phi) is 5.46. The highest BCUT2D eigenvalue weighted by atomic mass is 32.1. The van der Waals surface area contributed by atoms with Gasteiger partial charge in [-0.05, 0) is 24.8 Å². The smallest absolute Gasteiger partial charge is 0.263 e. The lowest BCUT2D eigenvalue weighted by Gasteiger charge is -2.15. The summed E-state index contributed by atoms with van der Waals surface area (Å²) in [6.07, 6.45) is 4.27. The predicted octanol–water partition coefficient (Wildman–Crippen LogP) is 1.80. The van der Waals surface area contributed by atoms with Crippen molar-refractivity contribution in [3.63, 3.8) is 0 Å². The van der Waals surface area contributed by atoms with Crippen molar-refractivity contribution in [1.29, 1.82) is 0 Å². The van der Waals surface area contributed by atoms with Crippen molar-refractivity contribution in [2.24, 2.45) is 5.92 Å². The van der Waals surface area contributed by atoms with E-state index < -0.39 is 0 Å². The summed E-state index contributed by atoms with van der Waals surface area (Å²) < 4.78 is 0. The second kappa shape index (κ2) is 7.33. The van der Waals surface area contributed by atoms with Gasteiger partial charge in [-0.1, -0.05) is 13.3 Å². The van der Waals surface area contributed by atoms with Gasteiger partial charge in [-0.15, -0.1) is 16.4 Å². The number of aromatic nitrogens is 2. The van der Waals surface area contributed by atoms with Gasteiger partial charge in [0.15, 0.2) is 0 Å². The zero-order valence-electron chi connectivity index (χ0n) is 12.0. The Hall–Kier alpha value is -1.73. The third kappa shape index (κ3) is 3.68. The molecule has 1 atom stereocenters. The molecule has 2 rings (SSSR count). The number of thiophene rings is 1. The zero-order chi connectivity index (χ0) is 15.2. The van der Waals surface area contributed by atoms with E-state index >= 15 is 0 Å². The van der Waals surface area contributed by atoms with E-state index in [9.17, 15) is 4.79 Å². The number of carbonyl (C=O) groups excluding carboxylic acids is 1. The van der Waals surface area contributed by atoms with E-state index in [4.69, 9.17) is 10.8 Å². The van der Waals surface area contributed by atoms with E-state index in [2.05, 4.69) is 22.4 Å². The van der Waals surface area contributed by atoms with Gasteiger partial charge in [-0.2, -0.15) is 5.10 Å². The average Bonchev–Trinajstić information content (AvgIpc) is 2.83. The van der Waals surface area contributed by atoms with Crippen LogP contribution in [0.25, 0.3) is 10.2 Å². The number of fused-ring (bicyclic) bond motifs is 1. The molecule has 0 saturated heterocycles. The van der Waals surface area contributed by atoms with Gasteiger partial charge >= 0.3 is 0 Å². The summed E-state index contributed by atoms with van der Waals surface area (Å²) in [6, 6.07) is 1.76. The Morgan fingerprint density at radius 2 is 2.33 bits per heavy atom. The first kappa shape index (κ1) is 15.7. The fourth-order valence-electron chi connectivity index (χ4n) is 2.30. The summed E-state index contributed by atoms with van der Waals surface area (Å²) in [7, 11) is 0. The molecule has 0 spiro atoms. The van der Waals surface area contributed by atoms with Crippen molar-refractivity contribution < 1.29 is 9.90 Å². The van der Waals surface area contributed by atoms with Crippen molar-refractivity contribution in [1.82, 2.24) is 15.5 Å². The quantitative estimate of drug-likeness (QED) is 0.724. The van der Waals surface area contributed by atoms with E-state index in [1.807, 2.05) is 0 Å². The number of nitrogen functional groups attached to an aromatic ring is 1. The normalized spacial score (nSPS) is 12.5. The Bertz CT molecular complexity index is 608. The van der Waals surface area contributed by atoms with Crippen molar-refractivity contribution in [3.8, 4) is 0 Å². The van der Waals surface area contributed by atoms with Crippen LogP contribution in [0.15, 0.2) is 12.3 Å². The molecule has 0 aliphatic heterocycles. The van der Waals surface area contributed by atoms with E-state index in [1.165, 1.54) is 11.3 Å². The first-order chi connectivity index (χ1) is 10.2. The molecule has 114 valence electrons. The molecule has 0 aromatic carbocycles. The predicted molar refractivity (Wildman–Crippen MR) is 84.3 cm³/mol. The number of aliphatic hydroxyl groups excluding tert-OH is 1. The Morgan fingerprint density at radius 1 is 1.52 bits per heavy atom. The lowest BCUT2D eigenvalue weighted by Crippen LogP contribution is -2.29. The maximum absolute atomic E-state index is 12.3. The largest absolute Gasteiger partial charge is 0.397 e. The summed E-state index contributed by atoms with van der Waals surface area (Å²) in [5.74, 6) is 0.105. The van der Waals surface area contributed by atoms with Gasteiger partial charge in [0.1, 0.15) is 9.71 Å². The highest BCUT2D eigenvalue weighted by molar-refractivity contribution is 7.21. The van der Waals surface area contributed by atoms with Crippen LogP contribution in [-0.2, 0) is 0 Å². The summed E-state index contributed by atoms with van der Waals surface area (Å²) in [6.45, 7) is 2.78. The van der Waals surface area contributed by atoms with Crippen molar-refractivity contribution >= 4 is 33.1 Å². The van der Waals surface area contributed by atoms with E-state index in [1.54, 1.807) is 12.3 Å². The third-order valence-electron chi connectivity index (χ3n) is 3.41. The first-order valence-electron chi connectivity index (χ1n) is 7.06. The molecule has 1 amide bonds. The minimum atomic E-state index is -0.186. The molecule has 21 heavy (non-hydrogen) atoms. The number of nitrogens with one attached hydrogen (secondary N) is 1. The second-order valence-electron chi connectivity index (χ2n) is 4.97. The minimum Gasteiger partial charge on any atom is -0.397 e. The molecular weight excluding hydrogens is 288 g/mol. The van der Waals surface area contributed by atoms with Crippen LogP contribution in [0.1, 0.15) is 35.9 Å². The maximum Gasteiger partial charge on any atom is 0.263 e. The molecule has 0 saturated carbocycles. The molecule has 2 heterocycles. The van der Waals surface area contributed by atoms with Crippen LogP contribution in [0.4, 0.5) is 5.69 Å². The SMILES string of the molecule is CCCC(CCO)CNC(=O)c1sc2nnccc2c1N. The molecule has 0 radical (unpaired) electrons. The number of anilines is 1. The molecule has 2 aromatic heterocycles. The van der Waals surface area contributed by atoms with Crippen molar-refractivity contribution in [2.75, 3.05) is 18.9 Å². The molecular formula is C14H20N4O2S. The maximum atomic E-state index is 12.3. The lowest BCUT2D eigenvalue weighted by atomic mass is 10.0. The number of amides is 1. The monoisotopic (exact) mass is 308 g/mol. The summed E-state index contributed by atoms with van der Waals surface area (Å²) in [4.78, 5) is 13.4. The Labute approximate surface area is 127 Å². The van der Waals surface area contributed by atoms with Gasteiger partial charge in [0.25, 0.3) is 5.91 Å². The Morgan fingerprint density at radius 3 is 3.00 bits per heavy atom. The molecule has 0 aliphatic carbocycles. The first-order valence-corrected chi connectivity index (χ1v) is 7.87. The fraction of sp³-hybridized carbons (Fsp3) is 0.500. The van der Waals surface area contributed by atoms with Gasteiger partial charge in [0.2, 0.25) is 0 Å². The third-order valence-corrected chi connectivity index (χ3v) is 4.52. The molecule has 1 unspecified atom stereocenters. The van der Waals surface area contributed by atoms with Crippen LogP contribution in [-0.4, -0.2) is 34.4 Å². The highest BCUT2D eigenvalue weighted by Gasteiger charge is 2.18. The van der Waals surface area contributed by atoms with E-state index in [-0.39, 0.29) is 12.5 Å². The molecule has 4 N–H and O–H groups in total. The number of hydrogen-bond donors (Lipinski definition) is 3. The number of rotatable bonds is 7. The van der Waals surface area contributed by atoms with Crippen LogP contribution < -0.4 is 11.1 Å². The number of aliphatic hydroxyl groups is 1. The molecule has 2 aromatic rings. The molecule has 6 nitrogen and oxygen atoms in total. The fourth-order valence-corrected chi connectivity index (χ4v) is 3.25. The number of hydrogen-bond acceptors (Lipinski definition) is 6. The number of nitrogens with zero attached hydrogens (tertiary/aromatic N) is 2. The Balaban J connectivity index is 2.06. The van der Waals surface area contributed by atoms with Crippen LogP contribution in [0.5, 0.6) is 0 Å². The molecule has 0 fully saturated rings. The second-order valence-corrected chi connectivity index (χ2v) is 5.97. The van der Waals surface area contributed by atoms with Gasteiger partial charge in [0.05, 0.1) is 11.9 Å². The summed E-state index contributed by atoms with van der Waals surface area (Å²) in [5.41, 5.74) is 6.46. The van der Waals surface area contributed by atoms with Crippen LogP contribution in [0, 0.1) is 5.92 Å². The number of nitrogens with two attached hydrogens (primary N) is 1. The molecule has 7 heteroatoms. The lowest BCUT2D eigenvalue weighted by molar-refractivity contribution is 0.0948. The standard InChI is InChI=1S/C14H20N4O2S/c1-2-3-9(5-7-19)8-16-13(20)12-11(15)10-4-6-17-18-14(10)21-12/h4,6,9,19H,2-3,5,7-8,15H2,1H3,(H,16,20). The number of carbonyl (C=O) groups is 1. The summed E-state index contributed by atoms with van der Waals surface area (Å²) >= 11 is 1.25. The van der Waals surface area contributed by atoms with Gasteiger partial charge in [0, 0.05) is 18.5 Å². The molecule has 0 aliphatic rings. The van der Waals surface area contributed by atoms with Crippen molar-refractivity contribution in [2.45, 2.75) is 26.2 Å². The van der Waals surface area contributed by atoms with Gasteiger partial charge in [-0.25, -0.2) is 0 Å².